The molecule has 3 amide bonds. The Balaban J connectivity index is 1.53. The summed E-state index contributed by atoms with van der Waals surface area (Å²) in [7, 11) is 0. The fourth-order valence-corrected chi connectivity index (χ4v) is 3.88. The van der Waals surface area contributed by atoms with Crippen molar-refractivity contribution in [3.63, 3.8) is 0 Å². The van der Waals surface area contributed by atoms with Gasteiger partial charge in [-0.05, 0) is 19.1 Å². The fourth-order valence-electron chi connectivity index (χ4n) is 3.88. The number of pyridine rings is 1. The highest BCUT2D eigenvalue weighted by Crippen LogP contribution is 2.38. The van der Waals surface area contributed by atoms with Crippen molar-refractivity contribution < 1.29 is 31.5 Å². The maximum atomic E-state index is 13.1. The molecule has 2 aliphatic rings. The molecule has 1 fully saturated rings. The Hall–Kier alpha value is -3.25. The number of carbonyl (C=O) groups excluding carboxylic acids is 2. The zero-order valence-electron chi connectivity index (χ0n) is 16.8. The summed E-state index contributed by atoms with van der Waals surface area (Å²) in [5, 5.41) is 6.71. The summed E-state index contributed by atoms with van der Waals surface area (Å²) in [5.41, 5.74) is 0.309. The van der Waals surface area contributed by atoms with E-state index in [2.05, 4.69) is 15.4 Å². The van der Waals surface area contributed by atoms with Crippen molar-refractivity contribution in [3.8, 4) is 0 Å². The van der Waals surface area contributed by atoms with Gasteiger partial charge in [0.1, 0.15) is 5.69 Å². The summed E-state index contributed by atoms with van der Waals surface area (Å²) in [6.45, 7) is 1.49. The Bertz CT molecular complexity index is 1040. The third-order valence-corrected chi connectivity index (χ3v) is 5.61. The third kappa shape index (κ3) is 4.10. The number of amides is 3. The predicted molar refractivity (Wildman–Crippen MR) is 102 cm³/mol. The van der Waals surface area contributed by atoms with Gasteiger partial charge in [0, 0.05) is 24.8 Å². The molecular weight excluding hydrogens is 439 g/mol. The number of urea groups is 1. The molecule has 0 saturated carbocycles. The SMILES string of the molecule is C[C@H]1Cn2ncc(N3CC(C(F)(F)F)CC3=O)c2CN1C(=O)Nc1ccnc(C(F)F)c1. The highest BCUT2D eigenvalue weighted by atomic mass is 19.4. The maximum absolute atomic E-state index is 13.1. The van der Waals surface area contributed by atoms with E-state index < -0.39 is 49.1 Å². The molecule has 1 unspecified atom stereocenters. The number of fused-ring (bicyclic) bond motifs is 1. The van der Waals surface area contributed by atoms with Crippen LogP contribution in [-0.4, -0.2) is 50.4 Å². The van der Waals surface area contributed by atoms with Crippen LogP contribution in [0.15, 0.2) is 24.5 Å². The molecule has 13 heteroatoms. The lowest BCUT2D eigenvalue weighted by Crippen LogP contribution is -2.47. The van der Waals surface area contributed by atoms with E-state index in [1.807, 2.05) is 0 Å². The first-order valence-electron chi connectivity index (χ1n) is 9.78. The van der Waals surface area contributed by atoms with Crippen LogP contribution in [0.2, 0.25) is 0 Å². The summed E-state index contributed by atoms with van der Waals surface area (Å²) in [4.78, 5) is 31.1. The van der Waals surface area contributed by atoms with Crippen LogP contribution in [0.3, 0.4) is 0 Å². The van der Waals surface area contributed by atoms with Crippen molar-refractivity contribution in [1.29, 1.82) is 0 Å². The van der Waals surface area contributed by atoms with E-state index in [1.165, 1.54) is 17.2 Å². The maximum Gasteiger partial charge on any atom is 0.394 e. The molecule has 0 aromatic carbocycles. The molecule has 0 bridgehead atoms. The van der Waals surface area contributed by atoms with Gasteiger partial charge in [0.2, 0.25) is 5.91 Å². The number of nitrogens with one attached hydrogen (secondary N) is 1. The van der Waals surface area contributed by atoms with Crippen molar-refractivity contribution in [2.75, 3.05) is 16.8 Å². The van der Waals surface area contributed by atoms with Crippen molar-refractivity contribution in [3.05, 3.63) is 35.9 Å². The van der Waals surface area contributed by atoms with E-state index in [9.17, 15) is 31.5 Å². The minimum atomic E-state index is -4.49. The first-order chi connectivity index (χ1) is 15.0. The molecule has 0 aliphatic carbocycles. The molecular formula is C19H19F5N6O2. The molecule has 1 N–H and O–H groups in total. The third-order valence-electron chi connectivity index (χ3n) is 5.61. The second kappa shape index (κ2) is 8.02. The minimum Gasteiger partial charge on any atom is -0.314 e. The topological polar surface area (TPSA) is 83.4 Å². The van der Waals surface area contributed by atoms with E-state index >= 15 is 0 Å². The zero-order valence-corrected chi connectivity index (χ0v) is 16.8. The Morgan fingerprint density at radius 1 is 1.28 bits per heavy atom. The Morgan fingerprint density at radius 2 is 2.03 bits per heavy atom. The highest BCUT2D eigenvalue weighted by molar-refractivity contribution is 5.96. The summed E-state index contributed by atoms with van der Waals surface area (Å²) < 4.78 is 66.5. The molecule has 1 saturated heterocycles. The molecule has 32 heavy (non-hydrogen) atoms. The number of alkyl halides is 5. The number of anilines is 2. The predicted octanol–water partition coefficient (Wildman–Crippen LogP) is 3.57. The van der Waals surface area contributed by atoms with Gasteiger partial charge in [0.25, 0.3) is 6.43 Å². The molecule has 2 aromatic heterocycles. The van der Waals surface area contributed by atoms with Crippen LogP contribution in [0.1, 0.15) is 31.2 Å². The number of nitrogens with zero attached hydrogens (tertiary/aromatic N) is 5. The van der Waals surface area contributed by atoms with Gasteiger partial charge in [-0.1, -0.05) is 0 Å². The summed E-state index contributed by atoms with van der Waals surface area (Å²) in [6.07, 6.45) is -5.43. The smallest absolute Gasteiger partial charge is 0.314 e. The normalized spacial score (nSPS) is 21.3. The van der Waals surface area contributed by atoms with Crippen LogP contribution in [0.4, 0.5) is 38.1 Å². The van der Waals surface area contributed by atoms with E-state index in [1.54, 1.807) is 11.6 Å². The number of hydrogen-bond donors (Lipinski definition) is 1. The summed E-state index contributed by atoms with van der Waals surface area (Å²) in [5.74, 6) is -2.42. The Morgan fingerprint density at radius 3 is 2.69 bits per heavy atom. The molecule has 2 aliphatic heterocycles. The van der Waals surface area contributed by atoms with Gasteiger partial charge in [-0.3, -0.25) is 14.5 Å². The molecule has 2 atom stereocenters. The number of halogens is 5. The van der Waals surface area contributed by atoms with E-state index in [0.717, 1.165) is 17.2 Å². The molecule has 0 spiro atoms. The van der Waals surface area contributed by atoms with Crippen LogP contribution >= 0.6 is 0 Å². The molecule has 0 radical (unpaired) electrons. The van der Waals surface area contributed by atoms with Gasteiger partial charge in [-0.15, -0.1) is 0 Å². The number of rotatable bonds is 3. The monoisotopic (exact) mass is 458 g/mol. The fraction of sp³-hybridized carbons (Fsp3) is 0.474. The summed E-state index contributed by atoms with van der Waals surface area (Å²) in [6, 6.07) is 1.51. The largest absolute Gasteiger partial charge is 0.394 e. The number of aromatic nitrogens is 3. The lowest BCUT2D eigenvalue weighted by Gasteiger charge is -2.35. The number of carbonyl (C=O) groups is 2. The average Bonchev–Trinajstić information content (AvgIpc) is 3.30. The first-order valence-corrected chi connectivity index (χ1v) is 9.78. The van der Waals surface area contributed by atoms with Crippen LogP contribution in [0.25, 0.3) is 0 Å². The van der Waals surface area contributed by atoms with Crippen LogP contribution in [-0.2, 0) is 17.9 Å². The van der Waals surface area contributed by atoms with E-state index in [0.29, 0.717) is 5.69 Å². The van der Waals surface area contributed by atoms with Crippen molar-refractivity contribution in [2.24, 2.45) is 5.92 Å². The lowest BCUT2D eigenvalue weighted by atomic mass is 10.1. The standard InChI is InChI=1S/C19H19F5N6O2/c1-10-7-30-15(14(6-26-30)29-8-11(4-16(29)31)19(22,23)24)9-28(10)18(32)27-12-2-3-25-13(5-12)17(20)21/h2-3,5-6,10-11,17H,4,7-9H2,1H3,(H,25,27,32)/t10-,11?/m0/s1. The second-order valence-electron chi connectivity index (χ2n) is 7.78. The molecule has 4 heterocycles. The zero-order chi connectivity index (χ0) is 23.2. The van der Waals surface area contributed by atoms with Crippen molar-refractivity contribution >= 4 is 23.3 Å². The molecule has 4 rings (SSSR count). The van der Waals surface area contributed by atoms with Crippen molar-refractivity contribution in [2.45, 2.75) is 45.1 Å². The van der Waals surface area contributed by atoms with Crippen LogP contribution in [0, 0.1) is 5.92 Å². The molecule has 172 valence electrons. The van der Waals surface area contributed by atoms with Gasteiger partial charge in [0.05, 0.1) is 42.6 Å². The quantitative estimate of drug-likeness (QED) is 0.713. The van der Waals surface area contributed by atoms with Gasteiger partial charge >= 0.3 is 12.2 Å². The van der Waals surface area contributed by atoms with Gasteiger partial charge < -0.3 is 15.1 Å². The Kier molecular flexibility index (Phi) is 5.51. The Labute approximate surface area is 179 Å². The molecule has 2 aromatic rings. The van der Waals surface area contributed by atoms with Crippen LogP contribution in [0.5, 0.6) is 0 Å². The molecule has 8 nitrogen and oxygen atoms in total. The van der Waals surface area contributed by atoms with Gasteiger partial charge in [-0.2, -0.15) is 18.3 Å². The second-order valence-corrected chi connectivity index (χ2v) is 7.78. The van der Waals surface area contributed by atoms with E-state index in [4.69, 9.17) is 0 Å². The minimum absolute atomic E-state index is 0.0183. The van der Waals surface area contributed by atoms with E-state index in [-0.39, 0.29) is 30.5 Å². The first kappa shape index (κ1) is 22.0. The van der Waals surface area contributed by atoms with Gasteiger partial charge in [0.15, 0.2) is 0 Å². The lowest BCUT2D eigenvalue weighted by molar-refractivity contribution is -0.169. The number of hydrogen-bond acceptors (Lipinski definition) is 4. The highest BCUT2D eigenvalue weighted by Gasteiger charge is 2.48. The summed E-state index contributed by atoms with van der Waals surface area (Å²) >= 11 is 0. The average molecular weight is 458 g/mol. The van der Waals surface area contributed by atoms with Gasteiger partial charge in [-0.25, -0.2) is 13.6 Å². The van der Waals surface area contributed by atoms with Crippen molar-refractivity contribution in [1.82, 2.24) is 19.7 Å². The van der Waals surface area contributed by atoms with Crippen LogP contribution < -0.4 is 10.2 Å².